The van der Waals surface area contributed by atoms with Crippen LogP contribution in [0.5, 0.6) is 0 Å². The van der Waals surface area contributed by atoms with Crippen LogP contribution in [0.25, 0.3) is 0 Å². The zero-order valence-corrected chi connectivity index (χ0v) is 14.1. The number of hydrogen-bond donors (Lipinski definition) is 1. The Labute approximate surface area is 132 Å². The molecule has 1 heterocycles. The molecule has 0 fully saturated rings. The van der Waals surface area contributed by atoms with Crippen LogP contribution in [0.4, 0.5) is 5.13 Å². The second-order valence-corrected chi connectivity index (χ2v) is 6.83. The molecule has 2 rings (SSSR count). The maximum Gasteiger partial charge on any atom is 0.241 e. The molecule has 2 atom stereocenters. The number of aryl methyl sites for hydroxylation is 1. The Balaban J connectivity index is 2.03. The highest BCUT2D eigenvalue weighted by molar-refractivity contribution is 9.12. The van der Waals surface area contributed by atoms with Gasteiger partial charge < -0.3 is 5.32 Å². The molecule has 0 radical (unpaired) electrons. The number of carbonyl (C=O) groups excluding carboxylic acids is 1. The minimum absolute atomic E-state index is 0.0882. The number of anilines is 1. The number of aromatic nitrogens is 1. The Hall–Kier alpha value is -0.720. The van der Waals surface area contributed by atoms with Gasteiger partial charge in [0.2, 0.25) is 5.91 Å². The van der Waals surface area contributed by atoms with Gasteiger partial charge in [0.15, 0.2) is 5.13 Å². The molecule has 0 saturated heterocycles. The van der Waals surface area contributed by atoms with E-state index in [1.165, 1.54) is 11.3 Å². The maximum atomic E-state index is 12.1. The van der Waals surface area contributed by atoms with Crippen molar-refractivity contribution in [3.05, 3.63) is 47.0 Å². The molecule has 19 heavy (non-hydrogen) atoms. The van der Waals surface area contributed by atoms with Gasteiger partial charge in [0.1, 0.15) is 4.83 Å². The summed E-state index contributed by atoms with van der Waals surface area (Å²) in [5.41, 5.74) is 1.96. The highest BCUT2D eigenvalue weighted by Gasteiger charge is 2.25. The topological polar surface area (TPSA) is 42.0 Å². The van der Waals surface area contributed by atoms with Crippen LogP contribution in [0, 0.1) is 6.92 Å². The van der Waals surface area contributed by atoms with Crippen LogP contribution >= 0.6 is 43.2 Å². The van der Waals surface area contributed by atoms with E-state index in [2.05, 4.69) is 42.2 Å². The quantitative estimate of drug-likeness (QED) is 0.773. The summed E-state index contributed by atoms with van der Waals surface area (Å²) >= 11 is 8.40. The zero-order chi connectivity index (χ0) is 13.8. The first-order chi connectivity index (χ1) is 9.08. The van der Waals surface area contributed by atoms with Crippen molar-refractivity contribution in [2.24, 2.45) is 0 Å². The average Bonchev–Trinajstić information content (AvgIpc) is 2.83. The number of carbonyl (C=O) groups is 1. The average molecular weight is 404 g/mol. The van der Waals surface area contributed by atoms with E-state index >= 15 is 0 Å². The maximum absolute atomic E-state index is 12.1. The minimum Gasteiger partial charge on any atom is -0.301 e. The number of alkyl halides is 2. The normalized spacial score (nSPS) is 13.8. The van der Waals surface area contributed by atoms with Crippen molar-refractivity contribution in [3.63, 3.8) is 0 Å². The van der Waals surface area contributed by atoms with Crippen LogP contribution in [0.1, 0.15) is 16.1 Å². The van der Waals surface area contributed by atoms with Gasteiger partial charge in [-0.3, -0.25) is 4.79 Å². The number of rotatable bonds is 4. The smallest absolute Gasteiger partial charge is 0.241 e. The minimum atomic E-state index is -0.362. The first-order valence-electron chi connectivity index (χ1n) is 5.64. The molecule has 2 aromatic rings. The van der Waals surface area contributed by atoms with E-state index in [0.717, 1.165) is 11.3 Å². The molecule has 6 heteroatoms. The lowest BCUT2D eigenvalue weighted by molar-refractivity contribution is -0.115. The fourth-order valence-corrected chi connectivity index (χ4v) is 3.18. The lowest BCUT2D eigenvalue weighted by Crippen LogP contribution is -2.26. The predicted molar refractivity (Wildman–Crippen MR) is 86.3 cm³/mol. The monoisotopic (exact) mass is 402 g/mol. The first-order valence-corrected chi connectivity index (χ1v) is 8.35. The van der Waals surface area contributed by atoms with Crippen LogP contribution in [-0.4, -0.2) is 15.7 Å². The van der Waals surface area contributed by atoms with Crippen molar-refractivity contribution >= 4 is 54.2 Å². The van der Waals surface area contributed by atoms with E-state index in [0.29, 0.717) is 5.13 Å². The summed E-state index contributed by atoms with van der Waals surface area (Å²) in [6, 6.07) is 9.81. The lowest BCUT2D eigenvalue weighted by atomic mass is 10.1. The number of nitrogens with one attached hydrogen (secondary N) is 1. The predicted octanol–water partition coefficient (Wildman–Crippen LogP) is 4.29. The van der Waals surface area contributed by atoms with Gasteiger partial charge in [-0.05, 0) is 12.5 Å². The van der Waals surface area contributed by atoms with Gasteiger partial charge in [-0.2, -0.15) is 0 Å². The Morgan fingerprint density at radius 2 is 2.00 bits per heavy atom. The third-order valence-electron chi connectivity index (χ3n) is 2.47. The number of halogens is 2. The Morgan fingerprint density at radius 3 is 2.58 bits per heavy atom. The van der Waals surface area contributed by atoms with Crippen LogP contribution < -0.4 is 5.32 Å². The molecule has 1 aromatic heterocycles. The summed E-state index contributed by atoms with van der Waals surface area (Å²) in [5, 5.41) is 5.33. The molecule has 100 valence electrons. The van der Waals surface area contributed by atoms with Gasteiger partial charge >= 0.3 is 0 Å². The number of benzene rings is 1. The molecule has 3 nitrogen and oxygen atoms in total. The molecule has 0 bridgehead atoms. The van der Waals surface area contributed by atoms with Crippen LogP contribution in [0.15, 0.2) is 35.7 Å². The molecule has 1 aromatic carbocycles. The summed E-state index contributed by atoms with van der Waals surface area (Å²) in [5.74, 6) is -0.111. The summed E-state index contributed by atoms with van der Waals surface area (Å²) < 4.78 is 0. The van der Waals surface area contributed by atoms with Crippen molar-refractivity contribution in [3.8, 4) is 0 Å². The first kappa shape index (κ1) is 14.7. The van der Waals surface area contributed by atoms with E-state index < -0.39 is 0 Å². The molecule has 0 aliphatic rings. The highest BCUT2D eigenvalue weighted by Crippen LogP contribution is 2.32. The second-order valence-electron chi connectivity index (χ2n) is 4.00. The molecule has 0 spiro atoms. The van der Waals surface area contributed by atoms with Crippen molar-refractivity contribution in [2.45, 2.75) is 16.6 Å². The van der Waals surface area contributed by atoms with Crippen LogP contribution in [0.3, 0.4) is 0 Å². The van der Waals surface area contributed by atoms with Crippen molar-refractivity contribution in [2.75, 3.05) is 5.32 Å². The van der Waals surface area contributed by atoms with Crippen molar-refractivity contribution in [1.29, 1.82) is 0 Å². The van der Waals surface area contributed by atoms with Gasteiger partial charge in [0.25, 0.3) is 0 Å². The van der Waals surface area contributed by atoms with Crippen molar-refractivity contribution < 1.29 is 4.79 Å². The summed E-state index contributed by atoms with van der Waals surface area (Å²) in [6.07, 6.45) is 0. The molecule has 1 amide bonds. The van der Waals surface area contributed by atoms with Crippen molar-refractivity contribution in [1.82, 2.24) is 4.98 Å². The zero-order valence-electron chi connectivity index (χ0n) is 10.1. The summed E-state index contributed by atoms with van der Waals surface area (Å²) in [6.45, 7) is 1.90. The molecule has 0 saturated carbocycles. The SMILES string of the molecule is Cc1csc(NC(=O)C(Br)C(Br)c2ccccc2)n1. The van der Waals surface area contributed by atoms with Crippen LogP contribution in [-0.2, 0) is 4.79 Å². The van der Waals surface area contributed by atoms with E-state index in [4.69, 9.17) is 0 Å². The van der Waals surface area contributed by atoms with E-state index in [1.54, 1.807) is 0 Å². The second kappa shape index (κ2) is 6.63. The van der Waals surface area contributed by atoms with Crippen LogP contribution in [0.2, 0.25) is 0 Å². The third kappa shape index (κ3) is 3.87. The van der Waals surface area contributed by atoms with Gasteiger partial charge in [-0.15, -0.1) is 11.3 Å². The third-order valence-corrected chi connectivity index (χ3v) is 6.06. The molecule has 0 aliphatic carbocycles. The van der Waals surface area contributed by atoms with Gasteiger partial charge in [0.05, 0.1) is 10.5 Å². The Bertz CT molecular complexity index is 559. The van der Waals surface area contributed by atoms with Gasteiger partial charge in [-0.1, -0.05) is 62.2 Å². The lowest BCUT2D eigenvalue weighted by Gasteiger charge is -2.16. The molecular formula is C13H12Br2N2OS. The number of nitrogens with zero attached hydrogens (tertiary/aromatic N) is 1. The molecular weight excluding hydrogens is 392 g/mol. The fraction of sp³-hybridized carbons (Fsp3) is 0.231. The molecule has 2 unspecified atom stereocenters. The Morgan fingerprint density at radius 1 is 1.32 bits per heavy atom. The number of thiazole rings is 1. The van der Waals surface area contributed by atoms with E-state index in [-0.39, 0.29) is 15.6 Å². The van der Waals surface area contributed by atoms with Gasteiger partial charge in [-0.25, -0.2) is 4.98 Å². The standard InChI is InChI=1S/C13H12Br2N2OS/c1-8-7-19-13(16-8)17-12(18)11(15)10(14)9-5-3-2-4-6-9/h2-7,10-11H,1H3,(H,16,17,18). The largest absolute Gasteiger partial charge is 0.301 e. The summed E-state index contributed by atoms with van der Waals surface area (Å²) in [7, 11) is 0. The molecule has 0 aliphatic heterocycles. The highest BCUT2D eigenvalue weighted by atomic mass is 79.9. The van der Waals surface area contributed by atoms with Gasteiger partial charge in [0, 0.05) is 5.38 Å². The summed E-state index contributed by atoms with van der Waals surface area (Å²) in [4.78, 5) is 15.9. The molecule has 1 N–H and O–H groups in total. The van der Waals surface area contributed by atoms with E-state index in [1.807, 2.05) is 42.6 Å². The number of amides is 1. The Kier molecular flexibility index (Phi) is 5.13. The number of hydrogen-bond acceptors (Lipinski definition) is 3. The fourth-order valence-electron chi connectivity index (χ4n) is 1.52. The van der Waals surface area contributed by atoms with E-state index in [9.17, 15) is 4.79 Å².